The normalized spacial score (nSPS) is 12.0. The molecular weight excluding hydrogens is 404 g/mol. The predicted octanol–water partition coefficient (Wildman–Crippen LogP) is 3.94. The zero-order valence-electron chi connectivity index (χ0n) is 17.2. The molecule has 1 heterocycles. The van der Waals surface area contributed by atoms with Crippen molar-refractivity contribution in [2.75, 3.05) is 12.4 Å². The van der Waals surface area contributed by atoms with Gasteiger partial charge in [0.15, 0.2) is 0 Å². The van der Waals surface area contributed by atoms with E-state index in [0.717, 1.165) is 11.0 Å². The number of amides is 2. The lowest BCUT2D eigenvalue weighted by Gasteiger charge is -2.20. The zero-order chi connectivity index (χ0) is 21.7. The first kappa shape index (κ1) is 21.6. The summed E-state index contributed by atoms with van der Waals surface area (Å²) in [6.07, 6.45) is 0.559. The predicted molar refractivity (Wildman–Crippen MR) is 118 cm³/mol. The molecule has 2 aromatic carbocycles. The Kier molecular flexibility index (Phi) is 6.95. The average Bonchev–Trinajstić information content (AvgIpc) is 3.10. The number of carbonyl (C=O) groups is 2. The van der Waals surface area contributed by atoms with E-state index in [1.54, 1.807) is 25.3 Å². The number of nitrogens with one attached hydrogen (secondary N) is 3. The Balaban J connectivity index is 1.68. The highest BCUT2D eigenvalue weighted by atomic mass is 35.5. The number of anilines is 1. The molecule has 1 aromatic heterocycles. The van der Waals surface area contributed by atoms with Crippen LogP contribution in [0.2, 0.25) is 5.02 Å². The minimum absolute atomic E-state index is 0.0648. The highest BCUT2D eigenvalue weighted by molar-refractivity contribution is 6.31. The van der Waals surface area contributed by atoms with E-state index >= 15 is 0 Å². The number of carbonyl (C=O) groups excluding carboxylic acids is 2. The van der Waals surface area contributed by atoms with Gasteiger partial charge in [0, 0.05) is 5.02 Å². The number of aromatic amines is 1. The Hall–Kier alpha value is -3.06. The van der Waals surface area contributed by atoms with Gasteiger partial charge in [-0.3, -0.25) is 14.9 Å². The smallest absolute Gasteiger partial charge is 0.249 e. The van der Waals surface area contributed by atoms with Gasteiger partial charge >= 0.3 is 0 Å². The number of hydrogen-bond acceptors (Lipinski definition) is 4. The third-order valence-corrected chi connectivity index (χ3v) is 4.95. The first-order chi connectivity index (χ1) is 14.4. The summed E-state index contributed by atoms with van der Waals surface area (Å²) in [5.41, 5.74) is 2.24. The summed E-state index contributed by atoms with van der Waals surface area (Å²) in [6, 6.07) is 11.9. The fourth-order valence-corrected chi connectivity index (χ4v) is 3.37. The number of nitrogens with zero attached hydrogens (tertiary/aromatic N) is 1. The van der Waals surface area contributed by atoms with Crippen LogP contribution in [0.4, 0.5) is 5.95 Å². The Labute approximate surface area is 180 Å². The molecule has 0 radical (unpaired) electrons. The van der Waals surface area contributed by atoms with Crippen molar-refractivity contribution in [1.29, 1.82) is 0 Å². The number of fused-ring (bicyclic) bond motifs is 1. The van der Waals surface area contributed by atoms with Crippen molar-refractivity contribution in [1.82, 2.24) is 15.3 Å². The number of ether oxygens (including phenoxy) is 1. The minimum Gasteiger partial charge on any atom is -0.497 e. The molecule has 0 aliphatic rings. The van der Waals surface area contributed by atoms with Gasteiger partial charge in [0.05, 0.1) is 24.6 Å². The van der Waals surface area contributed by atoms with Crippen LogP contribution < -0.4 is 15.4 Å². The van der Waals surface area contributed by atoms with Gasteiger partial charge < -0.3 is 15.0 Å². The van der Waals surface area contributed by atoms with Crippen molar-refractivity contribution in [3.05, 3.63) is 53.1 Å². The maximum absolute atomic E-state index is 12.8. The molecule has 7 nitrogen and oxygen atoms in total. The lowest BCUT2D eigenvalue weighted by atomic mass is 10.0. The first-order valence-corrected chi connectivity index (χ1v) is 10.1. The molecule has 3 N–H and O–H groups in total. The maximum Gasteiger partial charge on any atom is 0.249 e. The van der Waals surface area contributed by atoms with Crippen LogP contribution in [0, 0.1) is 5.92 Å². The third kappa shape index (κ3) is 5.51. The molecule has 30 heavy (non-hydrogen) atoms. The van der Waals surface area contributed by atoms with E-state index in [2.05, 4.69) is 20.6 Å². The second kappa shape index (κ2) is 9.63. The molecule has 158 valence electrons. The zero-order valence-corrected chi connectivity index (χ0v) is 17.9. The van der Waals surface area contributed by atoms with Crippen molar-refractivity contribution in [2.45, 2.75) is 32.7 Å². The second-order valence-electron chi connectivity index (χ2n) is 7.48. The first-order valence-electron chi connectivity index (χ1n) is 9.73. The Morgan fingerprint density at radius 1 is 1.20 bits per heavy atom. The lowest BCUT2D eigenvalue weighted by Crippen LogP contribution is -2.45. The van der Waals surface area contributed by atoms with Gasteiger partial charge in [-0.05, 0) is 42.2 Å². The molecule has 8 heteroatoms. The summed E-state index contributed by atoms with van der Waals surface area (Å²) >= 11 is 6.23. The molecule has 2 amide bonds. The molecule has 0 aliphatic carbocycles. The van der Waals surface area contributed by atoms with Gasteiger partial charge in [0.2, 0.25) is 17.8 Å². The van der Waals surface area contributed by atoms with Crippen LogP contribution >= 0.6 is 11.6 Å². The largest absolute Gasteiger partial charge is 0.497 e. The molecule has 0 unspecified atom stereocenters. The lowest BCUT2D eigenvalue weighted by molar-refractivity contribution is -0.126. The van der Waals surface area contributed by atoms with Crippen LogP contribution in [-0.4, -0.2) is 34.9 Å². The molecule has 0 bridgehead atoms. The van der Waals surface area contributed by atoms with Crippen molar-refractivity contribution in [2.24, 2.45) is 5.92 Å². The molecule has 0 saturated carbocycles. The van der Waals surface area contributed by atoms with Gasteiger partial charge in [-0.15, -0.1) is 0 Å². The van der Waals surface area contributed by atoms with E-state index in [1.807, 2.05) is 38.1 Å². The number of aromatic nitrogens is 2. The molecule has 1 atom stereocenters. The number of benzene rings is 2. The van der Waals surface area contributed by atoms with Crippen LogP contribution in [0.15, 0.2) is 42.5 Å². The SMILES string of the molecule is COc1ccc(CC(=O)N[C@H](CC(C)C)C(=O)Nc2nc3ccccc3[nH]2)c(Cl)c1. The van der Waals surface area contributed by atoms with Crippen molar-refractivity contribution in [3.63, 3.8) is 0 Å². The summed E-state index contributed by atoms with van der Waals surface area (Å²) in [5.74, 6) is 0.570. The van der Waals surface area contributed by atoms with E-state index in [-0.39, 0.29) is 24.2 Å². The summed E-state index contributed by atoms with van der Waals surface area (Å²) < 4.78 is 5.13. The minimum atomic E-state index is -0.692. The van der Waals surface area contributed by atoms with Crippen molar-refractivity contribution in [3.8, 4) is 5.75 Å². The highest BCUT2D eigenvalue weighted by Crippen LogP contribution is 2.23. The van der Waals surface area contributed by atoms with Crippen LogP contribution in [0.25, 0.3) is 11.0 Å². The number of rotatable bonds is 8. The fraction of sp³-hybridized carbons (Fsp3) is 0.318. The standard InChI is InChI=1S/C22H25ClN4O3/c1-13(2)10-19(21(29)27-22-25-17-6-4-5-7-18(17)26-22)24-20(28)11-14-8-9-15(30-3)12-16(14)23/h4-9,12-13,19H,10-11H2,1-3H3,(H,24,28)(H2,25,26,27,29)/t19-/m1/s1. The van der Waals surface area contributed by atoms with Crippen LogP contribution in [-0.2, 0) is 16.0 Å². The monoisotopic (exact) mass is 428 g/mol. The molecule has 0 aliphatic heterocycles. The number of imidazole rings is 1. The fourth-order valence-electron chi connectivity index (χ4n) is 3.14. The van der Waals surface area contributed by atoms with Gasteiger partial charge in [-0.2, -0.15) is 0 Å². The molecule has 0 spiro atoms. The van der Waals surface area contributed by atoms with Crippen molar-refractivity contribution >= 4 is 40.4 Å². The number of para-hydroxylation sites is 2. The van der Waals surface area contributed by atoms with Gasteiger partial charge in [0.1, 0.15) is 11.8 Å². The van der Waals surface area contributed by atoms with Gasteiger partial charge in [-0.1, -0.05) is 43.6 Å². The van der Waals surface area contributed by atoms with Crippen LogP contribution in [0.3, 0.4) is 0 Å². The Bertz CT molecular complexity index is 1010. The summed E-state index contributed by atoms with van der Waals surface area (Å²) in [7, 11) is 1.55. The van der Waals surface area contributed by atoms with E-state index < -0.39 is 6.04 Å². The van der Waals surface area contributed by atoms with Crippen molar-refractivity contribution < 1.29 is 14.3 Å². The van der Waals surface area contributed by atoms with E-state index in [1.165, 1.54) is 0 Å². The highest BCUT2D eigenvalue weighted by Gasteiger charge is 2.23. The third-order valence-electron chi connectivity index (χ3n) is 4.60. The number of methoxy groups -OCH3 is 1. The molecule has 0 saturated heterocycles. The summed E-state index contributed by atoms with van der Waals surface area (Å²) in [5, 5.41) is 6.03. The number of H-pyrrole nitrogens is 1. The molecular formula is C22H25ClN4O3. The maximum atomic E-state index is 12.8. The van der Waals surface area contributed by atoms with Gasteiger partial charge in [0.25, 0.3) is 0 Å². The van der Waals surface area contributed by atoms with Gasteiger partial charge in [-0.25, -0.2) is 4.98 Å². The van der Waals surface area contributed by atoms with Crippen LogP contribution in [0.5, 0.6) is 5.75 Å². The molecule has 3 aromatic rings. The van der Waals surface area contributed by atoms with E-state index in [4.69, 9.17) is 16.3 Å². The molecule has 3 rings (SSSR count). The average molecular weight is 429 g/mol. The van der Waals surface area contributed by atoms with E-state index in [9.17, 15) is 9.59 Å². The number of halogens is 1. The quantitative estimate of drug-likeness (QED) is 0.506. The summed E-state index contributed by atoms with van der Waals surface area (Å²) in [4.78, 5) is 32.9. The number of hydrogen-bond donors (Lipinski definition) is 3. The van der Waals surface area contributed by atoms with Crippen LogP contribution in [0.1, 0.15) is 25.8 Å². The Morgan fingerprint density at radius 3 is 2.63 bits per heavy atom. The molecule has 0 fully saturated rings. The Morgan fingerprint density at radius 2 is 1.97 bits per heavy atom. The summed E-state index contributed by atoms with van der Waals surface area (Å²) in [6.45, 7) is 3.99. The van der Waals surface area contributed by atoms with E-state index in [0.29, 0.717) is 28.7 Å². The topological polar surface area (TPSA) is 96.1 Å². The second-order valence-corrected chi connectivity index (χ2v) is 7.88.